The summed E-state index contributed by atoms with van der Waals surface area (Å²) in [6.07, 6.45) is 1.81. The van der Waals surface area contributed by atoms with Gasteiger partial charge in [-0.1, -0.05) is 38.1 Å². The Hall–Kier alpha value is -1.72. The van der Waals surface area contributed by atoms with Gasteiger partial charge < -0.3 is 10.6 Å². The average molecular weight is 329 g/mol. The number of hydrogen-bond acceptors (Lipinski definition) is 4. The van der Waals surface area contributed by atoms with Gasteiger partial charge in [0.25, 0.3) is 5.91 Å². The molecule has 1 atom stereocenters. The van der Waals surface area contributed by atoms with Crippen LogP contribution >= 0.6 is 11.3 Å². The van der Waals surface area contributed by atoms with E-state index < -0.39 is 0 Å². The van der Waals surface area contributed by atoms with Crippen molar-refractivity contribution >= 4 is 17.2 Å². The molecular weight excluding hydrogens is 306 g/mol. The van der Waals surface area contributed by atoms with Gasteiger partial charge in [-0.25, -0.2) is 4.98 Å². The van der Waals surface area contributed by atoms with Gasteiger partial charge in [-0.05, 0) is 29.9 Å². The highest BCUT2D eigenvalue weighted by molar-refractivity contribution is 7.09. The van der Waals surface area contributed by atoms with Crippen molar-refractivity contribution in [1.82, 2.24) is 9.88 Å². The van der Waals surface area contributed by atoms with Gasteiger partial charge in [0.2, 0.25) is 0 Å². The predicted octanol–water partition coefficient (Wildman–Crippen LogP) is 3.04. The highest BCUT2D eigenvalue weighted by Crippen LogP contribution is 2.24. The fourth-order valence-corrected chi connectivity index (χ4v) is 3.82. The van der Waals surface area contributed by atoms with Gasteiger partial charge in [-0.3, -0.25) is 4.79 Å². The van der Waals surface area contributed by atoms with Gasteiger partial charge in [0.05, 0.1) is 6.04 Å². The molecule has 1 aromatic carbocycles. The molecule has 0 aliphatic carbocycles. The number of carbonyl (C=O) groups is 1. The maximum Gasteiger partial charge on any atom is 0.273 e. The molecule has 1 aliphatic heterocycles. The van der Waals surface area contributed by atoms with E-state index in [1.807, 2.05) is 10.3 Å². The lowest BCUT2D eigenvalue weighted by Gasteiger charge is -2.19. The van der Waals surface area contributed by atoms with Crippen LogP contribution in [0.1, 0.15) is 46.5 Å². The first-order chi connectivity index (χ1) is 11.1. The molecule has 0 saturated carbocycles. The summed E-state index contributed by atoms with van der Waals surface area (Å²) >= 11 is 1.49. The number of rotatable bonds is 3. The Bertz CT molecular complexity index is 668. The molecule has 0 spiro atoms. The fraction of sp³-hybridized carbons (Fsp3) is 0.444. The van der Waals surface area contributed by atoms with E-state index in [1.165, 1.54) is 22.5 Å². The number of aromatic nitrogens is 1. The van der Waals surface area contributed by atoms with Crippen molar-refractivity contribution in [3.8, 4) is 0 Å². The molecule has 1 aromatic heterocycles. The second-order valence-electron chi connectivity index (χ2n) is 6.40. The quantitative estimate of drug-likeness (QED) is 0.941. The second kappa shape index (κ2) is 6.81. The van der Waals surface area contributed by atoms with Crippen LogP contribution in [0.3, 0.4) is 0 Å². The highest BCUT2D eigenvalue weighted by Gasteiger charge is 2.23. The molecule has 2 N–H and O–H groups in total. The van der Waals surface area contributed by atoms with Crippen LogP contribution in [0.5, 0.6) is 0 Å². The van der Waals surface area contributed by atoms with Crippen LogP contribution in [0, 0.1) is 5.92 Å². The Morgan fingerprint density at radius 2 is 1.83 bits per heavy atom. The van der Waals surface area contributed by atoms with Crippen LogP contribution in [-0.2, 0) is 12.8 Å². The molecule has 4 nitrogen and oxygen atoms in total. The summed E-state index contributed by atoms with van der Waals surface area (Å²) in [6.45, 7) is 5.64. The van der Waals surface area contributed by atoms with E-state index in [0.717, 1.165) is 30.9 Å². The number of fused-ring (bicyclic) bond motifs is 1. The summed E-state index contributed by atoms with van der Waals surface area (Å²) in [5.74, 6) is 0.341. The van der Waals surface area contributed by atoms with E-state index in [4.69, 9.17) is 5.73 Å². The zero-order valence-electron chi connectivity index (χ0n) is 13.7. The summed E-state index contributed by atoms with van der Waals surface area (Å²) in [7, 11) is 0. The maximum atomic E-state index is 12.7. The van der Waals surface area contributed by atoms with Gasteiger partial charge >= 0.3 is 0 Å². The summed E-state index contributed by atoms with van der Waals surface area (Å²) in [5, 5.41) is 2.69. The van der Waals surface area contributed by atoms with Gasteiger partial charge in [0, 0.05) is 18.5 Å². The fourth-order valence-electron chi connectivity index (χ4n) is 2.86. The number of hydrogen-bond donors (Lipinski definition) is 1. The van der Waals surface area contributed by atoms with Crippen LogP contribution in [0.15, 0.2) is 29.6 Å². The average Bonchev–Trinajstić information content (AvgIpc) is 2.94. The lowest BCUT2D eigenvalue weighted by molar-refractivity contribution is 0.0757. The van der Waals surface area contributed by atoms with Crippen molar-refractivity contribution in [3.63, 3.8) is 0 Å². The summed E-state index contributed by atoms with van der Waals surface area (Å²) in [5.41, 5.74) is 9.37. The Morgan fingerprint density at radius 3 is 2.39 bits per heavy atom. The third kappa shape index (κ3) is 3.46. The van der Waals surface area contributed by atoms with Crippen molar-refractivity contribution in [2.24, 2.45) is 11.7 Å². The third-order valence-corrected chi connectivity index (χ3v) is 5.40. The van der Waals surface area contributed by atoms with E-state index in [-0.39, 0.29) is 11.9 Å². The van der Waals surface area contributed by atoms with Crippen LogP contribution < -0.4 is 5.73 Å². The molecule has 1 amide bonds. The van der Waals surface area contributed by atoms with Crippen LogP contribution in [0.25, 0.3) is 0 Å². The molecule has 0 radical (unpaired) electrons. The summed E-state index contributed by atoms with van der Waals surface area (Å²) in [4.78, 5) is 19.1. The predicted molar refractivity (Wildman–Crippen MR) is 93.6 cm³/mol. The molecule has 5 heteroatoms. The van der Waals surface area contributed by atoms with Gasteiger partial charge in [0.15, 0.2) is 0 Å². The first-order valence-corrected chi connectivity index (χ1v) is 9.01. The SMILES string of the molecule is CC(C)[C@H](N)c1nc(C(=O)N2CCc3ccccc3CC2)cs1. The third-order valence-electron chi connectivity index (χ3n) is 4.45. The number of benzene rings is 1. The van der Waals surface area contributed by atoms with Crippen molar-refractivity contribution in [2.45, 2.75) is 32.7 Å². The topological polar surface area (TPSA) is 59.2 Å². The number of carbonyl (C=O) groups excluding carboxylic acids is 1. The summed E-state index contributed by atoms with van der Waals surface area (Å²) < 4.78 is 0. The van der Waals surface area contributed by atoms with Crippen molar-refractivity contribution < 1.29 is 4.79 Å². The summed E-state index contributed by atoms with van der Waals surface area (Å²) in [6, 6.07) is 8.35. The first kappa shape index (κ1) is 16.1. The van der Waals surface area contributed by atoms with E-state index in [9.17, 15) is 4.79 Å². The smallest absolute Gasteiger partial charge is 0.273 e. The normalized spacial score (nSPS) is 16.1. The van der Waals surface area contributed by atoms with Gasteiger partial charge in [0.1, 0.15) is 10.7 Å². The second-order valence-corrected chi connectivity index (χ2v) is 7.29. The van der Waals surface area contributed by atoms with Gasteiger partial charge in [-0.2, -0.15) is 0 Å². The molecule has 122 valence electrons. The highest BCUT2D eigenvalue weighted by atomic mass is 32.1. The van der Waals surface area contributed by atoms with Crippen molar-refractivity contribution in [2.75, 3.05) is 13.1 Å². The molecule has 2 aromatic rings. The monoisotopic (exact) mass is 329 g/mol. The first-order valence-electron chi connectivity index (χ1n) is 8.13. The van der Waals surface area contributed by atoms with E-state index in [0.29, 0.717) is 11.6 Å². The lowest BCUT2D eigenvalue weighted by Crippen LogP contribution is -2.33. The minimum absolute atomic E-state index is 0.0243. The molecule has 0 unspecified atom stereocenters. The zero-order valence-corrected chi connectivity index (χ0v) is 14.5. The van der Waals surface area contributed by atoms with E-state index >= 15 is 0 Å². The minimum atomic E-state index is -0.102. The van der Waals surface area contributed by atoms with E-state index in [2.05, 4.69) is 43.1 Å². The molecule has 1 aliphatic rings. The minimum Gasteiger partial charge on any atom is -0.337 e. The van der Waals surface area contributed by atoms with Crippen molar-refractivity contribution in [3.05, 3.63) is 51.5 Å². The van der Waals surface area contributed by atoms with Crippen LogP contribution in [0.4, 0.5) is 0 Å². The van der Waals surface area contributed by atoms with Crippen molar-refractivity contribution in [1.29, 1.82) is 0 Å². The number of amides is 1. The Morgan fingerprint density at radius 1 is 1.22 bits per heavy atom. The largest absolute Gasteiger partial charge is 0.337 e. The van der Waals surface area contributed by atoms with Crippen LogP contribution in [-0.4, -0.2) is 28.9 Å². The maximum absolute atomic E-state index is 12.7. The Kier molecular flexibility index (Phi) is 4.78. The number of nitrogens with two attached hydrogens (primary N) is 1. The molecule has 0 saturated heterocycles. The molecule has 0 fully saturated rings. The van der Waals surface area contributed by atoms with Gasteiger partial charge in [-0.15, -0.1) is 11.3 Å². The molecule has 0 bridgehead atoms. The van der Waals surface area contributed by atoms with Crippen LogP contribution in [0.2, 0.25) is 0 Å². The number of nitrogens with zero attached hydrogens (tertiary/aromatic N) is 2. The van der Waals surface area contributed by atoms with E-state index in [1.54, 1.807) is 0 Å². The molecule has 2 heterocycles. The Balaban J connectivity index is 1.72. The number of thiazole rings is 1. The lowest BCUT2D eigenvalue weighted by atomic mass is 10.0. The Labute approximate surface area is 141 Å². The zero-order chi connectivity index (χ0) is 16.4. The molecule has 3 rings (SSSR count). The standard InChI is InChI=1S/C18H23N3OS/c1-12(2)16(19)17-20-15(11-23-17)18(22)21-9-7-13-5-3-4-6-14(13)8-10-21/h3-6,11-12,16H,7-10,19H2,1-2H3/t16-/m0/s1. The molecule has 23 heavy (non-hydrogen) atoms. The molecular formula is C18H23N3OS.